The fraction of sp³-hybridized carbons (Fsp3) is 0.273. The van der Waals surface area contributed by atoms with Crippen LogP contribution in [0.2, 0.25) is 24.2 Å². The van der Waals surface area contributed by atoms with Crippen LogP contribution in [0.3, 0.4) is 0 Å². The number of thiophene rings is 8. The van der Waals surface area contributed by atoms with Crippen molar-refractivity contribution in [2.24, 2.45) is 0 Å². The van der Waals surface area contributed by atoms with E-state index < -0.39 is 16.6 Å². The van der Waals surface area contributed by atoms with Crippen LogP contribution in [-0.4, -0.2) is 16.6 Å². The Hall–Kier alpha value is -2.01. The zero-order valence-corrected chi connectivity index (χ0v) is 40.7. The highest BCUT2D eigenvalue weighted by Crippen LogP contribution is 2.45. The van der Waals surface area contributed by atoms with Gasteiger partial charge in [-0.15, -0.1) is 90.7 Å². The van der Waals surface area contributed by atoms with E-state index in [1.165, 1.54) is 77.3 Å². The molecule has 0 fully saturated rings. The molecule has 0 aliphatic carbocycles. The Morgan fingerprint density at radius 2 is 0.545 bits per heavy atom. The molecule has 0 radical (unpaired) electrons. The molecule has 1 nitrogen and oxygen atoms in total. The Bertz CT molecular complexity index is 2310. The second-order valence-electron chi connectivity index (χ2n) is 13.7. The fourth-order valence-corrected chi connectivity index (χ4v) is 29.1. The highest BCUT2D eigenvalue weighted by Gasteiger charge is 2.46. The average molecular weight is 904 g/mol. The average Bonchev–Trinajstić information content (AvgIpc) is 4.06. The summed E-state index contributed by atoms with van der Waals surface area (Å²) in [6, 6.07) is 41.7. The maximum Gasteiger partial charge on any atom is 0.222 e. The molecule has 0 aliphatic heterocycles. The minimum absolute atomic E-state index is 1.10. The van der Waals surface area contributed by atoms with Crippen LogP contribution in [0.25, 0.3) is 58.5 Å². The molecule has 0 spiro atoms. The number of aryl methyl sites for hydroxylation is 2. The van der Waals surface area contributed by atoms with Crippen LogP contribution in [0.15, 0.2) is 97.1 Å². The minimum atomic E-state index is -2.22. The summed E-state index contributed by atoms with van der Waals surface area (Å²) in [5.74, 6) is 0. The Labute approximate surface area is 360 Å². The van der Waals surface area contributed by atoms with Crippen LogP contribution in [0.4, 0.5) is 0 Å². The Kier molecular flexibility index (Phi) is 12.4. The van der Waals surface area contributed by atoms with Crippen molar-refractivity contribution in [2.75, 3.05) is 0 Å². The van der Waals surface area contributed by atoms with Gasteiger partial charge in [-0.25, -0.2) is 0 Å². The van der Waals surface area contributed by atoms with Crippen LogP contribution in [0, 0.1) is 0 Å². The predicted molar refractivity (Wildman–Crippen MR) is 261 cm³/mol. The van der Waals surface area contributed by atoms with E-state index >= 15 is 0 Å². The first-order chi connectivity index (χ1) is 26.8. The summed E-state index contributed by atoms with van der Waals surface area (Å²) in [7, 11) is -4.44. The van der Waals surface area contributed by atoms with Gasteiger partial charge in [0.25, 0.3) is 0 Å². The van der Waals surface area contributed by atoms with Crippen molar-refractivity contribution in [1.82, 2.24) is 0 Å². The smallest absolute Gasteiger partial charge is 0.222 e. The first-order valence-electron chi connectivity index (χ1n) is 19.3. The second-order valence-corrected chi connectivity index (χ2v) is 32.0. The summed E-state index contributed by atoms with van der Waals surface area (Å²) in [4.78, 5) is 19.3. The monoisotopic (exact) mass is 902 g/mol. The van der Waals surface area contributed by atoms with Crippen LogP contribution in [0.1, 0.15) is 51.3 Å². The van der Waals surface area contributed by atoms with Crippen molar-refractivity contribution >= 4 is 116 Å². The molecular weight excluding hydrogens is 857 g/mol. The van der Waals surface area contributed by atoms with Gasteiger partial charge in [0.2, 0.25) is 16.6 Å². The number of rotatable bonds is 16. The molecule has 0 aliphatic rings. The van der Waals surface area contributed by atoms with Crippen molar-refractivity contribution in [2.45, 2.75) is 78.6 Å². The summed E-state index contributed by atoms with van der Waals surface area (Å²) < 4.78 is 10.9. The van der Waals surface area contributed by atoms with Gasteiger partial charge in [0.1, 0.15) is 0 Å². The Morgan fingerprint density at radius 1 is 0.309 bits per heavy atom. The maximum absolute atomic E-state index is 7.86. The third-order valence-corrected chi connectivity index (χ3v) is 33.1. The molecule has 8 heterocycles. The molecule has 0 atom stereocenters. The van der Waals surface area contributed by atoms with E-state index in [0.29, 0.717) is 0 Å². The Morgan fingerprint density at radius 3 is 0.800 bits per heavy atom. The van der Waals surface area contributed by atoms with Gasteiger partial charge in [-0.3, -0.25) is 0 Å². The lowest BCUT2D eigenvalue weighted by molar-refractivity contribution is 0.542. The molecule has 0 aromatic carbocycles. The van der Waals surface area contributed by atoms with Crippen molar-refractivity contribution in [1.29, 1.82) is 0 Å². The first-order valence-corrected chi connectivity index (χ1v) is 30.5. The van der Waals surface area contributed by atoms with E-state index in [1.807, 2.05) is 90.7 Å². The summed E-state index contributed by atoms with van der Waals surface area (Å²) in [5.41, 5.74) is 0. The second kappa shape index (κ2) is 17.1. The van der Waals surface area contributed by atoms with E-state index in [4.69, 9.17) is 4.12 Å². The lowest BCUT2D eigenvalue weighted by Gasteiger charge is -2.40. The van der Waals surface area contributed by atoms with Gasteiger partial charge in [-0.2, -0.15) is 0 Å². The van der Waals surface area contributed by atoms with Crippen LogP contribution >= 0.6 is 90.7 Å². The molecule has 0 saturated heterocycles. The first kappa shape index (κ1) is 39.8. The summed E-state index contributed by atoms with van der Waals surface area (Å²) >= 11 is 15.5. The number of hydrogen-bond acceptors (Lipinski definition) is 9. The summed E-state index contributed by atoms with van der Waals surface area (Å²) in [6.07, 6.45) is 2.20. The maximum atomic E-state index is 7.86. The van der Waals surface area contributed by atoms with Crippen LogP contribution in [-0.2, 0) is 17.0 Å². The lowest BCUT2D eigenvalue weighted by Crippen LogP contribution is -2.61. The van der Waals surface area contributed by atoms with E-state index in [1.54, 1.807) is 0 Å². The van der Waals surface area contributed by atoms with Crippen molar-refractivity contribution in [3.8, 4) is 58.5 Å². The predicted octanol–water partition coefficient (Wildman–Crippen LogP) is 16.4. The largest absolute Gasteiger partial charge is 0.447 e. The summed E-state index contributed by atoms with van der Waals surface area (Å²) in [5, 5.41) is 0. The quantitative estimate of drug-likeness (QED) is 0.0878. The number of hydrogen-bond donors (Lipinski definition) is 0. The fourth-order valence-electron chi connectivity index (χ4n) is 7.20. The van der Waals surface area contributed by atoms with Crippen molar-refractivity contribution in [3.63, 3.8) is 0 Å². The molecule has 284 valence electrons. The normalized spacial score (nSPS) is 12.3. The molecule has 0 unspecified atom stereocenters. The molecule has 8 aromatic heterocycles. The topological polar surface area (TPSA) is 9.23 Å². The molecule has 0 amide bonds. The molecule has 0 saturated carbocycles. The van der Waals surface area contributed by atoms with Gasteiger partial charge >= 0.3 is 0 Å². The van der Waals surface area contributed by atoms with E-state index in [0.717, 1.165) is 37.0 Å². The van der Waals surface area contributed by atoms with E-state index in [-0.39, 0.29) is 0 Å². The van der Waals surface area contributed by atoms with Crippen molar-refractivity contribution < 1.29 is 4.12 Å². The van der Waals surface area contributed by atoms with Gasteiger partial charge < -0.3 is 4.12 Å². The molecule has 8 rings (SSSR count). The zero-order valence-electron chi connectivity index (χ0n) is 32.2. The molecule has 0 N–H and O–H groups in total. The molecule has 0 bridgehead atoms. The molecule has 11 heteroatoms. The van der Waals surface area contributed by atoms with Crippen LogP contribution in [0.5, 0.6) is 0 Å². The summed E-state index contributed by atoms with van der Waals surface area (Å²) in [6.45, 7) is 14.0. The highest BCUT2D eigenvalue weighted by atomic mass is 32.1. The standard InChI is InChI=1S/C44H46OS8Si2/c1-7-29-13-15-31(46-29)33-17-19-35(48-33)37-21-23-39(50-37)41-25-27-43(52-41)54(9-3,10-4)45-55(11-5,12-6)44-28-26-42(53-44)40-24-22-38(51-40)36-20-18-34(49-36)32-16-14-30(8-2)47-32/h13-28H,7-12H2,1-6H3. The van der Waals surface area contributed by atoms with Gasteiger partial charge in [-0.05, 0) is 134 Å². The molecule has 55 heavy (non-hydrogen) atoms. The third-order valence-electron chi connectivity index (χ3n) is 10.7. The highest BCUT2D eigenvalue weighted by molar-refractivity contribution is 7.34. The molecule has 8 aromatic rings. The van der Waals surface area contributed by atoms with E-state index in [2.05, 4.69) is 139 Å². The zero-order chi connectivity index (χ0) is 38.2. The minimum Gasteiger partial charge on any atom is -0.447 e. The van der Waals surface area contributed by atoms with Crippen molar-refractivity contribution in [3.05, 3.63) is 107 Å². The van der Waals surface area contributed by atoms with Gasteiger partial charge in [0.05, 0.1) is 0 Å². The van der Waals surface area contributed by atoms with Gasteiger partial charge in [0.15, 0.2) is 0 Å². The lowest BCUT2D eigenvalue weighted by atomic mass is 10.3. The van der Waals surface area contributed by atoms with Crippen LogP contribution < -0.4 is 9.00 Å². The third kappa shape index (κ3) is 7.93. The molecular formula is C44H46OS8Si2. The Balaban J connectivity index is 1.01. The SMILES string of the molecule is CCc1ccc(-c2ccc(-c3ccc(-c4ccc([Si](CC)(CC)O[Si](CC)(CC)c5ccc(-c6ccc(-c7ccc(-c8ccc(CC)s8)s7)s6)s5)s4)s3)s2)s1. The van der Waals surface area contributed by atoms with E-state index in [9.17, 15) is 0 Å². The van der Waals surface area contributed by atoms with Gasteiger partial charge in [-0.1, -0.05) is 41.5 Å². The van der Waals surface area contributed by atoms with Gasteiger partial charge in [0, 0.05) is 77.3 Å².